The lowest BCUT2D eigenvalue weighted by Crippen LogP contribution is -2.32. The van der Waals surface area contributed by atoms with E-state index < -0.39 is 21.0 Å². The lowest BCUT2D eigenvalue weighted by Gasteiger charge is -2.27. The molecule has 116 valence electrons. The highest BCUT2D eigenvalue weighted by Gasteiger charge is 2.23. The van der Waals surface area contributed by atoms with Crippen LogP contribution in [0, 0.1) is 0 Å². The lowest BCUT2D eigenvalue weighted by atomic mass is 10.1. The van der Waals surface area contributed by atoms with Crippen LogP contribution in [0.15, 0.2) is 18.3 Å². The summed E-state index contributed by atoms with van der Waals surface area (Å²) in [6, 6.07) is 3.61. The zero-order valence-electron chi connectivity index (χ0n) is 12.4. The normalized spacial score (nSPS) is 17.3. The third-order valence-corrected chi connectivity index (χ3v) is 5.21. The minimum atomic E-state index is -3.39. The van der Waals surface area contributed by atoms with Crippen LogP contribution in [0.4, 0.5) is 11.5 Å². The molecule has 1 fully saturated rings. The predicted octanol–water partition coefficient (Wildman–Crippen LogP) is 1.44. The van der Waals surface area contributed by atoms with E-state index in [-0.39, 0.29) is 0 Å². The SMILES string of the molecule is CC(C(=O)Nc1ccc(N2CCCCC2)nc1)S(C)(=O)=O. The number of carbonyl (C=O) groups is 1. The summed E-state index contributed by atoms with van der Waals surface area (Å²) in [6.45, 7) is 3.38. The van der Waals surface area contributed by atoms with Gasteiger partial charge >= 0.3 is 0 Å². The average molecular weight is 311 g/mol. The smallest absolute Gasteiger partial charge is 0.242 e. The number of sulfone groups is 1. The molecular weight excluding hydrogens is 290 g/mol. The number of nitrogens with one attached hydrogen (secondary N) is 1. The standard InChI is InChI=1S/C14H21N3O3S/c1-11(21(2,19)20)14(18)16-12-6-7-13(15-10-12)17-8-4-3-5-9-17/h6-7,10-11H,3-5,8-9H2,1-2H3,(H,16,18). The van der Waals surface area contributed by atoms with Crippen molar-refractivity contribution in [2.24, 2.45) is 0 Å². The van der Waals surface area contributed by atoms with Gasteiger partial charge in [0, 0.05) is 19.3 Å². The van der Waals surface area contributed by atoms with Gasteiger partial charge in [-0.25, -0.2) is 13.4 Å². The van der Waals surface area contributed by atoms with E-state index in [1.165, 1.54) is 26.2 Å². The van der Waals surface area contributed by atoms with Crippen molar-refractivity contribution in [3.8, 4) is 0 Å². The fraction of sp³-hybridized carbons (Fsp3) is 0.571. The molecule has 0 saturated carbocycles. The predicted molar refractivity (Wildman–Crippen MR) is 83.2 cm³/mol. The largest absolute Gasteiger partial charge is 0.357 e. The van der Waals surface area contributed by atoms with Gasteiger partial charge in [0.2, 0.25) is 5.91 Å². The van der Waals surface area contributed by atoms with E-state index >= 15 is 0 Å². The molecule has 6 nitrogen and oxygen atoms in total. The van der Waals surface area contributed by atoms with Gasteiger partial charge in [-0.1, -0.05) is 0 Å². The Hall–Kier alpha value is -1.63. The Balaban J connectivity index is 2.00. The number of anilines is 2. The third-order valence-electron chi connectivity index (χ3n) is 3.71. The summed E-state index contributed by atoms with van der Waals surface area (Å²) in [4.78, 5) is 18.4. The fourth-order valence-electron chi connectivity index (χ4n) is 2.21. The van der Waals surface area contributed by atoms with Crippen molar-refractivity contribution in [2.45, 2.75) is 31.4 Å². The maximum atomic E-state index is 11.8. The van der Waals surface area contributed by atoms with Crippen molar-refractivity contribution in [1.29, 1.82) is 0 Å². The molecule has 1 N–H and O–H groups in total. The van der Waals surface area contributed by atoms with Crippen molar-refractivity contribution in [3.63, 3.8) is 0 Å². The molecule has 0 bridgehead atoms. The summed E-state index contributed by atoms with van der Waals surface area (Å²) >= 11 is 0. The van der Waals surface area contributed by atoms with E-state index in [1.807, 2.05) is 6.07 Å². The molecule has 0 aromatic carbocycles. The molecule has 1 unspecified atom stereocenters. The Morgan fingerprint density at radius 3 is 2.48 bits per heavy atom. The summed E-state index contributed by atoms with van der Waals surface area (Å²) in [5, 5.41) is 1.51. The number of hydrogen-bond acceptors (Lipinski definition) is 5. The minimum Gasteiger partial charge on any atom is -0.357 e. The Morgan fingerprint density at radius 2 is 1.95 bits per heavy atom. The quantitative estimate of drug-likeness (QED) is 0.910. The monoisotopic (exact) mass is 311 g/mol. The Bertz CT molecular complexity index is 592. The molecule has 1 atom stereocenters. The zero-order chi connectivity index (χ0) is 15.5. The first-order chi connectivity index (χ1) is 9.88. The number of carbonyl (C=O) groups excluding carboxylic acids is 1. The molecule has 0 radical (unpaired) electrons. The molecule has 1 aromatic rings. The van der Waals surface area contributed by atoms with Crippen molar-refractivity contribution < 1.29 is 13.2 Å². The van der Waals surface area contributed by atoms with E-state index in [0.717, 1.165) is 25.2 Å². The first-order valence-electron chi connectivity index (χ1n) is 7.08. The number of hydrogen-bond donors (Lipinski definition) is 1. The van der Waals surface area contributed by atoms with Crippen LogP contribution in [-0.2, 0) is 14.6 Å². The molecule has 1 aromatic heterocycles. The van der Waals surface area contributed by atoms with Crippen LogP contribution < -0.4 is 10.2 Å². The van der Waals surface area contributed by atoms with Crippen LogP contribution >= 0.6 is 0 Å². The first kappa shape index (κ1) is 15.8. The fourth-order valence-corrected chi connectivity index (χ4v) is 2.66. The summed E-state index contributed by atoms with van der Waals surface area (Å²) in [6.07, 6.45) is 6.22. The van der Waals surface area contributed by atoms with Gasteiger partial charge in [0.1, 0.15) is 11.1 Å². The Kier molecular flexibility index (Phi) is 4.82. The van der Waals surface area contributed by atoms with E-state index in [0.29, 0.717) is 5.69 Å². The van der Waals surface area contributed by atoms with E-state index in [2.05, 4.69) is 15.2 Å². The molecular formula is C14H21N3O3S. The first-order valence-corrected chi connectivity index (χ1v) is 9.04. The molecule has 1 amide bonds. The van der Waals surface area contributed by atoms with Gasteiger partial charge in [-0.05, 0) is 38.3 Å². The number of nitrogens with zero attached hydrogens (tertiary/aromatic N) is 2. The Morgan fingerprint density at radius 1 is 1.29 bits per heavy atom. The number of piperidine rings is 1. The molecule has 1 aliphatic heterocycles. The molecule has 2 rings (SSSR count). The zero-order valence-corrected chi connectivity index (χ0v) is 13.2. The summed E-state index contributed by atoms with van der Waals surface area (Å²) < 4.78 is 22.7. The Labute approximate surface area is 125 Å². The van der Waals surface area contributed by atoms with Crippen LogP contribution in [0.5, 0.6) is 0 Å². The molecule has 2 heterocycles. The molecule has 1 saturated heterocycles. The van der Waals surface area contributed by atoms with E-state index in [1.54, 1.807) is 12.3 Å². The summed E-state index contributed by atoms with van der Waals surface area (Å²) in [5.74, 6) is 0.355. The maximum absolute atomic E-state index is 11.8. The minimum absolute atomic E-state index is 0.510. The van der Waals surface area contributed by atoms with Crippen molar-refractivity contribution in [1.82, 2.24) is 4.98 Å². The van der Waals surface area contributed by atoms with E-state index in [9.17, 15) is 13.2 Å². The number of aromatic nitrogens is 1. The lowest BCUT2D eigenvalue weighted by molar-refractivity contribution is -0.115. The second-order valence-corrected chi connectivity index (χ2v) is 7.78. The molecule has 21 heavy (non-hydrogen) atoms. The summed E-state index contributed by atoms with van der Waals surface area (Å²) in [5.41, 5.74) is 0.510. The molecule has 1 aliphatic rings. The highest BCUT2D eigenvalue weighted by atomic mass is 32.2. The van der Waals surface area contributed by atoms with Crippen LogP contribution in [0.2, 0.25) is 0 Å². The van der Waals surface area contributed by atoms with Crippen LogP contribution in [0.3, 0.4) is 0 Å². The molecule has 0 aliphatic carbocycles. The van der Waals surface area contributed by atoms with Gasteiger partial charge in [0.15, 0.2) is 9.84 Å². The van der Waals surface area contributed by atoms with Crippen LogP contribution in [-0.4, -0.2) is 43.9 Å². The van der Waals surface area contributed by atoms with Gasteiger partial charge in [0.25, 0.3) is 0 Å². The second kappa shape index (κ2) is 6.43. The van der Waals surface area contributed by atoms with Crippen molar-refractivity contribution >= 4 is 27.2 Å². The van der Waals surface area contributed by atoms with Crippen molar-refractivity contribution in [3.05, 3.63) is 18.3 Å². The molecule has 0 spiro atoms. The molecule has 7 heteroatoms. The second-order valence-electron chi connectivity index (χ2n) is 5.41. The topological polar surface area (TPSA) is 79.4 Å². The van der Waals surface area contributed by atoms with Crippen LogP contribution in [0.1, 0.15) is 26.2 Å². The summed E-state index contributed by atoms with van der Waals surface area (Å²) in [7, 11) is -3.39. The van der Waals surface area contributed by atoms with Gasteiger partial charge in [-0.15, -0.1) is 0 Å². The van der Waals surface area contributed by atoms with Crippen LogP contribution in [0.25, 0.3) is 0 Å². The average Bonchev–Trinajstić information content (AvgIpc) is 2.47. The number of pyridine rings is 1. The third kappa shape index (κ3) is 4.17. The van der Waals surface area contributed by atoms with Crippen molar-refractivity contribution in [2.75, 3.05) is 29.6 Å². The van der Waals surface area contributed by atoms with E-state index in [4.69, 9.17) is 0 Å². The van der Waals surface area contributed by atoms with Gasteiger partial charge in [-0.3, -0.25) is 4.79 Å². The van der Waals surface area contributed by atoms with Gasteiger partial charge in [0.05, 0.1) is 11.9 Å². The van der Waals surface area contributed by atoms with Gasteiger partial charge in [-0.2, -0.15) is 0 Å². The number of amides is 1. The van der Waals surface area contributed by atoms with Gasteiger partial charge < -0.3 is 10.2 Å². The number of rotatable bonds is 4. The highest BCUT2D eigenvalue weighted by molar-refractivity contribution is 7.92. The maximum Gasteiger partial charge on any atom is 0.242 e. The highest BCUT2D eigenvalue weighted by Crippen LogP contribution is 2.19.